The average molecular weight is 327 g/mol. The van der Waals surface area contributed by atoms with Crippen molar-refractivity contribution in [3.63, 3.8) is 0 Å². The second kappa shape index (κ2) is 5.95. The van der Waals surface area contributed by atoms with E-state index in [1.807, 2.05) is 0 Å². The van der Waals surface area contributed by atoms with E-state index < -0.39 is 47.7 Å². The molecule has 3 aliphatic rings. The number of hydrogen-bond donors (Lipinski definition) is 3. The highest BCUT2D eigenvalue weighted by molar-refractivity contribution is 5.97. The number of nitrogens with one attached hydrogen (secondary N) is 1. The van der Waals surface area contributed by atoms with E-state index in [4.69, 9.17) is 14.2 Å². The van der Waals surface area contributed by atoms with Crippen LogP contribution < -0.4 is 5.32 Å². The quantitative estimate of drug-likeness (QED) is 0.443. The van der Waals surface area contributed by atoms with Gasteiger partial charge in [0.2, 0.25) is 17.6 Å². The van der Waals surface area contributed by atoms with Crippen LogP contribution in [0.5, 0.6) is 0 Å². The molecule has 3 fully saturated rings. The first-order chi connectivity index (χ1) is 10.8. The molecule has 3 rings (SSSR count). The summed E-state index contributed by atoms with van der Waals surface area (Å²) in [5.41, 5.74) is 0.707. The van der Waals surface area contributed by atoms with Gasteiger partial charge in [0.25, 0.3) is 0 Å². The Morgan fingerprint density at radius 2 is 1.91 bits per heavy atom. The van der Waals surface area contributed by atoms with E-state index in [0.717, 1.165) is 0 Å². The number of ether oxygens (including phenoxy) is 3. The molecule has 0 spiro atoms. The van der Waals surface area contributed by atoms with Crippen LogP contribution in [-0.4, -0.2) is 59.5 Å². The minimum absolute atomic E-state index is 0.0712. The molecule has 0 bridgehead atoms. The van der Waals surface area contributed by atoms with Crippen LogP contribution >= 0.6 is 0 Å². The maximum absolute atomic E-state index is 11.5. The number of aliphatic hydroxyl groups is 2. The van der Waals surface area contributed by atoms with Gasteiger partial charge < -0.3 is 24.4 Å². The highest BCUT2D eigenvalue weighted by Crippen LogP contribution is 2.41. The van der Waals surface area contributed by atoms with Gasteiger partial charge in [-0.2, -0.15) is 0 Å². The number of aliphatic hydroxyl groups excluding tert-OH is 1. The van der Waals surface area contributed by atoms with Gasteiger partial charge in [-0.15, -0.1) is 0 Å². The number of rotatable bonds is 2. The van der Waals surface area contributed by atoms with Crippen molar-refractivity contribution < 1.29 is 34.0 Å². The summed E-state index contributed by atoms with van der Waals surface area (Å²) in [6, 6.07) is 0. The molecule has 0 aromatic carbocycles. The van der Waals surface area contributed by atoms with Crippen LogP contribution in [0.2, 0.25) is 0 Å². The SMILES string of the molecule is C=C1CO[C@@](O)([C@H]2OCO[C@H](C3CC(=O)NC(=O)C3)[C@H]2O)[C@@H]1C. The highest BCUT2D eigenvalue weighted by atomic mass is 16.7. The summed E-state index contributed by atoms with van der Waals surface area (Å²) in [5.74, 6) is -3.40. The van der Waals surface area contributed by atoms with Crippen LogP contribution in [0, 0.1) is 11.8 Å². The predicted octanol–water partition coefficient (Wildman–Crippen LogP) is -0.947. The molecule has 3 N–H and O–H groups in total. The van der Waals surface area contributed by atoms with Gasteiger partial charge in [-0.05, 0) is 5.57 Å². The van der Waals surface area contributed by atoms with Gasteiger partial charge in [-0.1, -0.05) is 13.5 Å². The molecule has 0 aromatic rings. The summed E-state index contributed by atoms with van der Waals surface area (Å²) in [4.78, 5) is 23.1. The molecule has 5 atom stereocenters. The lowest BCUT2D eigenvalue weighted by molar-refractivity contribution is -0.338. The topological polar surface area (TPSA) is 114 Å². The Kier molecular flexibility index (Phi) is 4.28. The third kappa shape index (κ3) is 2.81. The second-order valence-corrected chi connectivity index (χ2v) is 6.39. The van der Waals surface area contributed by atoms with E-state index >= 15 is 0 Å². The lowest BCUT2D eigenvalue weighted by Gasteiger charge is -2.45. The summed E-state index contributed by atoms with van der Waals surface area (Å²) >= 11 is 0. The second-order valence-electron chi connectivity index (χ2n) is 6.39. The van der Waals surface area contributed by atoms with Crippen LogP contribution in [0.3, 0.4) is 0 Å². The Hall–Kier alpha value is -1.32. The van der Waals surface area contributed by atoms with Crippen molar-refractivity contribution in [2.75, 3.05) is 13.4 Å². The first-order valence-corrected chi connectivity index (χ1v) is 7.61. The molecule has 0 aliphatic carbocycles. The van der Waals surface area contributed by atoms with Crippen LogP contribution in [0.1, 0.15) is 19.8 Å². The van der Waals surface area contributed by atoms with E-state index in [0.29, 0.717) is 5.57 Å². The summed E-state index contributed by atoms with van der Waals surface area (Å²) in [6.45, 7) is 5.59. The van der Waals surface area contributed by atoms with Gasteiger partial charge in [0.1, 0.15) is 19.0 Å². The summed E-state index contributed by atoms with van der Waals surface area (Å²) in [6.07, 6.45) is -2.93. The third-order valence-corrected chi connectivity index (χ3v) is 4.92. The molecule has 128 valence electrons. The van der Waals surface area contributed by atoms with Crippen LogP contribution in [0.4, 0.5) is 0 Å². The first-order valence-electron chi connectivity index (χ1n) is 7.61. The predicted molar refractivity (Wildman–Crippen MR) is 75.7 cm³/mol. The van der Waals surface area contributed by atoms with Crippen molar-refractivity contribution in [3.8, 4) is 0 Å². The first kappa shape index (κ1) is 16.5. The Morgan fingerprint density at radius 3 is 2.48 bits per heavy atom. The molecule has 0 radical (unpaired) electrons. The Balaban J connectivity index is 1.78. The van der Waals surface area contributed by atoms with Crippen molar-refractivity contribution in [2.24, 2.45) is 11.8 Å². The number of piperidine rings is 1. The lowest BCUT2D eigenvalue weighted by atomic mass is 9.81. The molecule has 3 aliphatic heterocycles. The number of imide groups is 1. The van der Waals surface area contributed by atoms with Gasteiger partial charge in [0.15, 0.2) is 0 Å². The van der Waals surface area contributed by atoms with E-state index in [9.17, 15) is 19.8 Å². The van der Waals surface area contributed by atoms with Gasteiger partial charge >= 0.3 is 0 Å². The number of carbonyl (C=O) groups excluding carboxylic acids is 2. The maximum atomic E-state index is 11.5. The number of hydrogen-bond acceptors (Lipinski definition) is 7. The zero-order valence-electron chi connectivity index (χ0n) is 12.9. The maximum Gasteiger partial charge on any atom is 0.226 e. The van der Waals surface area contributed by atoms with Gasteiger partial charge in [0.05, 0.1) is 12.7 Å². The standard InChI is InChI=1S/C15H21NO7/c1-7-5-23-15(20,8(7)2)14-12(19)13(21-6-22-14)9-3-10(17)16-11(18)4-9/h8-9,12-14,19-20H,1,3-6H2,2H3,(H,16,17,18)/t8-,12-,13-,14+,15-/m1/s1. The summed E-state index contributed by atoms with van der Waals surface area (Å²) in [7, 11) is 0. The normalized spacial score (nSPS) is 42.8. The lowest BCUT2D eigenvalue weighted by Crippen LogP contribution is -2.62. The van der Waals surface area contributed by atoms with Crippen molar-refractivity contribution in [1.82, 2.24) is 5.32 Å². The van der Waals surface area contributed by atoms with E-state index in [1.54, 1.807) is 6.92 Å². The van der Waals surface area contributed by atoms with Crippen molar-refractivity contribution in [2.45, 2.75) is 43.9 Å². The van der Waals surface area contributed by atoms with Crippen molar-refractivity contribution in [1.29, 1.82) is 0 Å². The zero-order valence-corrected chi connectivity index (χ0v) is 12.9. The molecule has 0 unspecified atom stereocenters. The number of amides is 2. The molecular formula is C15H21NO7. The van der Waals surface area contributed by atoms with Crippen molar-refractivity contribution in [3.05, 3.63) is 12.2 Å². The van der Waals surface area contributed by atoms with E-state index in [-0.39, 0.29) is 26.2 Å². The minimum atomic E-state index is -1.71. The Labute approximate surface area is 133 Å². The monoisotopic (exact) mass is 327 g/mol. The van der Waals surface area contributed by atoms with Crippen LogP contribution in [0.15, 0.2) is 12.2 Å². The summed E-state index contributed by atoms with van der Waals surface area (Å²) in [5, 5.41) is 23.6. The molecule has 3 saturated heterocycles. The molecule has 0 saturated carbocycles. The average Bonchev–Trinajstić information content (AvgIpc) is 2.75. The van der Waals surface area contributed by atoms with E-state index in [2.05, 4.69) is 11.9 Å². The van der Waals surface area contributed by atoms with Gasteiger partial charge in [-0.3, -0.25) is 14.9 Å². The largest absolute Gasteiger partial charge is 0.387 e. The van der Waals surface area contributed by atoms with Gasteiger partial charge in [0, 0.05) is 24.7 Å². The van der Waals surface area contributed by atoms with Crippen LogP contribution in [-0.2, 0) is 23.8 Å². The fraction of sp³-hybridized carbons (Fsp3) is 0.733. The molecule has 3 heterocycles. The molecule has 2 amide bonds. The van der Waals surface area contributed by atoms with Crippen molar-refractivity contribution >= 4 is 11.8 Å². The number of carbonyl (C=O) groups is 2. The Morgan fingerprint density at radius 1 is 1.26 bits per heavy atom. The zero-order chi connectivity index (χ0) is 16.8. The fourth-order valence-corrected chi connectivity index (χ4v) is 3.46. The van der Waals surface area contributed by atoms with Gasteiger partial charge in [-0.25, -0.2) is 0 Å². The molecule has 0 aromatic heterocycles. The molecule has 8 nitrogen and oxygen atoms in total. The fourth-order valence-electron chi connectivity index (χ4n) is 3.46. The molecule has 23 heavy (non-hydrogen) atoms. The summed E-state index contributed by atoms with van der Waals surface area (Å²) < 4.78 is 16.2. The smallest absolute Gasteiger partial charge is 0.226 e. The minimum Gasteiger partial charge on any atom is -0.387 e. The highest BCUT2D eigenvalue weighted by Gasteiger charge is 2.56. The van der Waals surface area contributed by atoms with E-state index in [1.165, 1.54) is 0 Å². The van der Waals surface area contributed by atoms with Crippen LogP contribution in [0.25, 0.3) is 0 Å². The third-order valence-electron chi connectivity index (χ3n) is 4.92. The molecular weight excluding hydrogens is 306 g/mol. The Bertz CT molecular complexity index is 520. The molecule has 8 heteroatoms.